The summed E-state index contributed by atoms with van der Waals surface area (Å²) >= 11 is 7.05. The molecule has 0 fully saturated rings. The Hall–Kier alpha value is -2.64. The van der Waals surface area contributed by atoms with Crippen molar-refractivity contribution in [2.45, 2.75) is 32.9 Å². The van der Waals surface area contributed by atoms with Gasteiger partial charge < -0.3 is 15.0 Å². The summed E-state index contributed by atoms with van der Waals surface area (Å²) in [4.78, 5) is 28.1. The Bertz CT molecular complexity index is 1130. The molecule has 0 spiro atoms. The lowest BCUT2D eigenvalue weighted by Crippen LogP contribution is -2.51. The predicted molar refractivity (Wildman–Crippen MR) is 142 cm³/mol. The normalized spacial score (nSPS) is 11.6. The van der Waals surface area contributed by atoms with Crippen molar-refractivity contribution in [3.8, 4) is 5.75 Å². The lowest BCUT2D eigenvalue weighted by molar-refractivity contribution is -0.142. The Morgan fingerprint density at radius 1 is 0.941 bits per heavy atom. The van der Waals surface area contributed by atoms with Crippen molar-refractivity contribution >= 4 is 43.7 Å². The van der Waals surface area contributed by atoms with Gasteiger partial charge in [0.05, 0.1) is 0 Å². The first-order valence-electron chi connectivity index (χ1n) is 11.0. The van der Waals surface area contributed by atoms with Crippen molar-refractivity contribution in [2.24, 2.45) is 0 Å². The van der Waals surface area contributed by atoms with Crippen LogP contribution in [0.5, 0.6) is 5.75 Å². The molecule has 0 aliphatic heterocycles. The third-order valence-electron chi connectivity index (χ3n) is 5.53. The third kappa shape index (κ3) is 6.93. The second kappa shape index (κ2) is 12.2. The quantitative estimate of drug-likeness (QED) is 0.355. The zero-order valence-electron chi connectivity index (χ0n) is 19.5. The first-order valence-corrected chi connectivity index (χ1v) is 12.6. The largest absolute Gasteiger partial charge is 0.484 e. The van der Waals surface area contributed by atoms with E-state index in [9.17, 15) is 9.59 Å². The van der Waals surface area contributed by atoms with E-state index in [4.69, 9.17) is 4.74 Å². The topological polar surface area (TPSA) is 58.6 Å². The SMILES string of the molecule is CNC(=O)C(Cc1ccccc1)N(Cc1cccc(Br)c1)C(=O)COc1cc(C)c(Br)c(C)c1. The molecule has 3 aromatic carbocycles. The van der Waals surface area contributed by atoms with Crippen molar-refractivity contribution in [3.63, 3.8) is 0 Å². The van der Waals surface area contributed by atoms with Gasteiger partial charge in [-0.05, 0) is 60.4 Å². The first kappa shape index (κ1) is 26.0. The molecule has 3 rings (SSSR count). The molecule has 0 aromatic heterocycles. The monoisotopic (exact) mass is 586 g/mol. The molecule has 7 heteroatoms. The Balaban J connectivity index is 1.89. The molecule has 5 nitrogen and oxygen atoms in total. The van der Waals surface area contributed by atoms with Gasteiger partial charge in [-0.15, -0.1) is 0 Å². The number of aryl methyl sites for hydroxylation is 2. The fourth-order valence-corrected chi connectivity index (χ4v) is 4.45. The number of likely N-dealkylation sites (N-methyl/N-ethyl adjacent to an activating group) is 1. The molecule has 1 unspecified atom stereocenters. The van der Waals surface area contributed by atoms with Crippen LogP contribution >= 0.6 is 31.9 Å². The highest BCUT2D eigenvalue weighted by Crippen LogP contribution is 2.26. The summed E-state index contributed by atoms with van der Waals surface area (Å²) in [5.41, 5.74) is 3.95. The average molecular weight is 588 g/mol. The van der Waals surface area contributed by atoms with Gasteiger partial charge in [0.1, 0.15) is 11.8 Å². The zero-order valence-corrected chi connectivity index (χ0v) is 22.6. The number of amides is 2. The fourth-order valence-electron chi connectivity index (χ4n) is 3.77. The minimum atomic E-state index is -0.684. The minimum Gasteiger partial charge on any atom is -0.484 e. The van der Waals surface area contributed by atoms with Gasteiger partial charge in [-0.2, -0.15) is 0 Å². The van der Waals surface area contributed by atoms with Crippen molar-refractivity contribution in [3.05, 3.63) is 97.9 Å². The molecular formula is C27H28Br2N2O3. The van der Waals surface area contributed by atoms with Gasteiger partial charge in [0.25, 0.3) is 5.91 Å². The smallest absolute Gasteiger partial charge is 0.261 e. The Labute approximate surface area is 217 Å². The second-order valence-electron chi connectivity index (χ2n) is 8.13. The maximum Gasteiger partial charge on any atom is 0.261 e. The number of ether oxygens (including phenoxy) is 1. The molecule has 3 aromatic rings. The molecule has 178 valence electrons. The van der Waals surface area contributed by atoms with Gasteiger partial charge >= 0.3 is 0 Å². The van der Waals surface area contributed by atoms with E-state index in [0.29, 0.717) is 12.2 Å². The van der Waals surface area contributed by atoms with E-state index < -0.39 is 6.04 Å². The number of hydrogen-bond acceptors (Lipinski definition) is 3. The molecule has 2 amide bonds. The van der Waals surface area contributed by atoms with Crippen LogP contribution in [0, 0.1) is 13.8 Å². The molecule has 0 radical (unpaired) electrons. The highest BCUT2D eigenvalue weighted by Gasteiger charge is 2.30. The van der Waals surface area contributed by atoms with Crippen LogP contribution in [0.15, 0.2) is 75.7 Å². The Kier molecular flexibility index (Phi) is 9.30. The van der Waals surface area contributed by atoms with Gasteiger partial charge in [-0.3, -0.25) is 9.59 Å². The van der Waals surface area contributed by atoms with Crippen LogP contribution in [-0.2, 0) is 22.6 Å². The summed E-state index contributed by atoms with van der Waals surface area (Å²) in [5, 5.41) is 2.72. The molecule has 0 saturated carbocycles. The van der Waals surface area contributed by atoms with Gasteiger partial charge in [-0.1, -0.05) is 74.3 Å². The predicted octanol–water partition coefficient (Wildman–Crippen LogP) is 5.59. The maximum absolute atomic E-state index is 13.5. The molecule has 0 bridgehead atoms. The number of nitrogens with zero attached hydrogens (tertiary/aromatic N) is 1. The molecule has 0 aliphatic rings. The molecule has 0 aliphatic carbocycles. The van der Waals surface area contributed by atoms with E-state index in [1.54, 1.807) is 11.9 Å². The molecule has 0 heterocycles. The van der Waals surface area contributed by atoms with Crippen LogP contribution in [0.2, 0.25) is 0 Å². The molecule has 0 saturated heterocycles. The lowest BCUT2D eigenvalue weighted by atomic mass is 10.0. The molecule has 1 atom stereocenters. The van der Waals surface area contributed by atoms with E-state index in [2.05, 4.69) is 37.2 Å². The van der Waals surface area contributed by atoms with E-state index in [1.165, 1.54) is 0 Å². The lowest BCUT2D eigenvalue weighted by Gasteiger charge is -2.31. The summed E-state index contributed by atoms with van der Waals surface area (Å²) < 4.78 is 7.82. The van der Waals surface area contributed by atoms with Crippen LogP contribution in [0.3, 0.4) is 0 Å². The molecular weight excluding hydrogens is 560 g/mol. The van der Waals surface area contributed by atoms with E-state index in [-0.39, 0.29) is 25.0 Å². The van der Waals surface area contributed by atoms with E-state index in [0.717, 1.165) is 31.2 Å². The van der Waals surface area contributed by atoms with E-state index in [1.807, 2.05) is 80.6 Å². The number of carbonyl (C=O) groups excluding carboxylic acids is 2. The minimum absolute atomic E-state index is 0.170. The van der Waals surface area contributed by atoms with Crippen LogP contribution in [-0.4, -0.2) is 36.4 Å². The van der Waals surface area contributed by atoms with Crippen molar-refractivity contribution < 1.29 is 14.3 Å². The third-order valence-corrected chi connectivity index (χ3v) is 7.28. The summed E-state index contributed by atoms with van der Waals surface area (Å²) in [6.07, 6.45) is 0.400. The van der Waals surface area contributed by atoms with Crippen molar-refractivity contribution in [1.82, 2.24) is 10.2 Å². The van der Waals surface area contributed by atoms with Crippen molar-refractivity contribution in [2.75, 3.05) is 13.7 Å². The van der Waals surface area contributed by atoms with Crippen LogP contribution < -0.4 is 10.1 Å². The van der Waals surface area contributed by atoms with Gasteiger partial charge in [0.2, 0.25) is 5.91 Å². The highest BCUT2D eigenvalue weighted by molar-refractivity contribution is 9.10. The summed E-state index contributed by atoms with van der Waals surface area (Å²) in [7, 11) is 1.59. The number of hydrogen-bond donors (Lipinski definition) is 1. The highest BCUT2D eigenvalue weighted by atomic mass is 79.9. The summed E-state index contributed by atoms with van der Waals surface area (Å²) in [6.45, 7) is 4.07. The first-order chi connectivity index (χ1) is 16.3. The number of carbonyl (C=O) groups is 2. The molecule has 34 heavy (non-hydrogen) atoms. The summed E-state index contributed by atoms with van der Waals surface area (Å²) in [6, 6.07) is 20.5. The maximum atomic E-state index is 13.5. The van der Waals surface area contributed by atoms with Gasteiger partial charge in [0.15, 0.2) is 6.61 Å². The Morgan fingerprint density at radius 2 is 1.59 bits per heavy atom. The zero-order chi connectivity index (χ0) is 24.7. The number of benzene rings is 3. The van der Waals surface area contributed by atoms with Crippen LogP contribution in [0.1, 0.15) is 22.3 Å². The number of rotatable bonds is 9. The van der Waals surface area contributed by atoms with Crippen LogP contribution in [0.25, 0.3) is 0 Å². The Morgan fingerprint density at radius 3 is 2.21 bits per heavy atom. The number of nitrogens with one attached hydrogen (secondary N) is 1. The van der Waals surface area contributed by atoms with Crippen LogP contribution in [0.4, 0.5) is 0 Å². The van der Waals surface area contributed by atoms with Crippen molar-refractivity contribution in [1.29, 1.82) is 0 Å². The average Bonchev–Trinajstić information content (AvgIpc) is 2.83. The van der Waals surface area contributed by atoms with Gasteiger partial charge in [-0.25, -0.2) is 0 Å². The van der Waals surface area contributed by atoms with Gasteiger partial charge in [0, 0.05) is 29.0 Å². The summed E-state index contributed by atoms with van der Waals surface area (Å²) in [5.74, 6) is 0.138. The fraction of sp³-hybridized carbons (Fsp3) is 0.259. The number of halogens is 2. The standard InChI is InChI=1S/C27H28Br2N2O3/c1-18-12-23(13-19(2)26(18)29)34-17-25(32)31(16-21-10-7-11-22(28)14-21)24(27(33)30-3)15-20-8-5-4-6-9-20/h4-14,24H,15-17H2,1-3H3,(H,30,33). The molecule has 1 N–H and O–H groups in total. The van der Waals surface area contributed by atoms with E-state index >= 15 is 0 Å². The second-order valence-corrected chi connectivity index (χ2v) is 9.84.